The largest absolute Gasteiger partial charge is 0.488 e. The molecule has 0 spiro atoms. The van der Waals surface area contributed by atoms with Gasteiger partial charge in [0.05, 0.1) is 0 Å². The average Bonchev–Trinajstić information content (AvgIpc) is 2.12. The Bertz CT molecular complexity index is 297. The molecule has 1 aromatic rings. The minimum atomic E-state index is -1.41. The molecule has 1 aliphatic rings. The highest BCUT2D eigenvalue weighted by atomic mass is 16.5. The van der Waals surface area contributed by atoms with Crippen molar-refractivity contribution in [3.05, 3.63) is 24.3 Å². The SMILES string of the molecule is OB(O)c1ccc(OC2CNC2)cc1. The zero-order valence-corrected chi connectivity index (χ0v) is 7.68. The van der Waals surface area contributed by atoms with Gasteiger partial charge in [-0.05, 0) is 17.6 Å². The number of hydrogen-bond donors (Lipinski definition) is 3. The van der Waals surface area contributed by atoms with Crippen molar-refractivity contribution >= 4 is 12.6 Å². The zero-order valence-electron chi connectivity index (χ0n) is 7.68. The minimum absolute atomic E-state index is 0.250. The van der Waals surface area contributed by atoms with Gasteiger partial charge in [-0.15, -0.1) is 0 Å². The average molecular weight is 193 g/mol. The topological polar surface area (TPSA) is 61.7 Å². The van der Waals surface area contributed by atoms with Gasteiger partial charge in [0.2, 0.25) is 0 Å². The Morgan fingerprint density at radius 3 is 2.29 bits per heavy atom. The Morgan fingerprint density at radius 1 is 1.21 bits per heavy atom. The Labute approximate surface area is 82.7 Å². The molecule has 4 nitrogen and oxygen atoms in total. The highest BCUT2D eigenvalue weighted by molar-refractivity contribution is 6.58. The summed E-state index contributed by atoms with van der Waals surface area (Å²) >= 11 is 0. The minimum Gasteiger partial charge on any atom is -0.488 e. The summed E-state index contributed by atoms with van der Waals surface area (Å²) in [4.78, 5) is 0. The molecule has 1 aliphatic heterocycles. The Hall–Kier alpha value is -1.04. The van der Waals surface area contributed by atoms with Crippen LogP contribution in [-0.4, -0.2) is 36.4 Å². The first kappa shape index (κ1) is 9.52. The molecule has 0 bridgehead atoms. The van der Waals surface area contributed by atoms with Crippen molar-refractivity contribution in [2.45, 2.75) is 6.10 Å². The van der Waals surface area contributed by atoms with Crippen LogP contribution in [0, 0.1) is 0 Å². The fourth-order valence-electron chi connectivity index (χ4n) is 1.26. The van der Waals surface area contributed by atoms with E-state index in [1.165, 1.54) is 0 Å². The molecular formula is C9H12BNO3. The maximum Gasteiger partial charge on any atom is 0.488 e. The lowest BCUT2D eigenvalue weighted by molar-refractivity contribution is 0.142. The van der Waals surface area contributed by atoms with Crippen LogP contribution in [0.15, 0.2) is 24.3 Å². The lowest BCUT2D eigenvalue weighted by atomic mass is 9.80. The van der Waals surface area contributed by atoms with E-state index in [-0.39, 0.29) is 6.10 Å². The van der Waals surface area contributed by atoms with Crippen LogP contribution in [0.4, 0.5) is 0 Å². The number of rotatable bonds is 3. The maximum absolute atomic E-state index is 8.86. The molecule has 3 N–H and O–H groups in total. The van der Waals surface area contributed by atoms with Crippen LogP contribution >= 0.6 is 0 Å². The predicted octanol–water partition coefficient (Wildman–Crippen LogP) is -1.28. The summed E-state index contributed by atoms with van der Waals surface area (Å²) in [6.07, 6.45) is 0.250. The first-order valence-electron chi connectivity index (χ1n) is 4.59. The Kier molecular flexibility index (Phi) is 2.72. The van der Waals surface area contributed by atoms with Gasteiger partial charge in [0.15, 0.2) is 0 Å². The highest BCUT2D eigenvalue weighted by Gasteiger charge is 2.18. The van der Waals surface area contributed by atoms with Crippen molar-refractivity contribution in [2.24, 2.45) is 0 Å². The summed E-state index contributed by atoms with van der Waals surface area (Å²) in [5.74, 6) is 0.765. The van der Waals surface area contributed by atoms with Crippen molar-refractivity contribution < 1.29 is 14.8 Å². The van der Waals surface area contributed by atoms with Gasteiger partial charge in [0.1, 0.15) is 11.9 Å². The second-order valence-electron chi connectivity index (χ2n) is 3.34. The monoisotopic (exact) mass is 193 g/mol. The van der Waals surface area contributed by atoms with Crippen LogP contribution in [0.25, 0.3) is 0 Å². The standard InChI is InChI=1S/C9H12BNO3/c12-10(13)7-1-3-8(4-2-7)14-9-5-11-6-9/h1-4,9,11-13H,5-6H2. The quantitative estimate of drug-likeness (QED) is 0.523. The number of ether oxygens (including phenoxy) is 1. The summed E-state index contributed by atoms with van der Waals surface area (Å²) in [6.45, 7) is 1.76. The molecule has 74 valence electrons. The third kappa shape index (κ3) is 2.06. The van der Waals surface area contributed by atoms with Crippen molar-refractivity contribution in [1.82, 2.24) is 5.32 Å². The number of benzene rings is 1. The third-order valence-corrected chi connectivity index (χ3v) is 2.23. The lowest BCUT2D eigenvalue weighted by Crippen LogP contribution is -2.50. The van der Waals surface area contributed by atoms with E-state index in [0.29, 0.717) is 5.46 Å². The van der Waals surface area contributed by atoms with E-state index in [4.69, 9.17) is 14.8 Å². The molecule has 1 heterocycles. The van der Waals surface area contributed by atoms with Crippen molar-refractivity contribution in [3.8, 4) is 5.75 Å². The van der Waals surface area contributed by atoms with E-state index in [0.717, 1.165) is 18.8 Å². The summed E-state index contributed by atoms with van der Waals surface area (Å²) in [6, 6.07) is 6.78. The highest BCUT2D eigenvalue weighted by Crippen LogP contribution is 2.11. The van der Waals surface area contributed by atoms with Gasteiger partial charge in [-0.3, -0.25) is 0 Å². The number of nitrogens with one attached hydrogen (secondary N) is 1. The van der Waals surface area contributed by atoms with Crippen molar-refractivity contribution in [1.29, 1.82) is 0 Å². The smallest absolute Gasteiger partial charge is 0.488 e. The molecule has 0 aliphatic carbocycles. The summed E-state index contributed by atoms with van der Waals surface area (Å²) in [7, 11) is -1.41. The molecule has 5 heteroatoms. The van der Waals surface area contributed by atoms with Gasteiger partial charge < -0.3 is 20.1 Å². The van der Waals surface area contributed by atoms with E-state index >= 15 is 0 Å². The van der Waals surface area contributed by atoms with E-state index in [9.17, 15) is 0 Å². The summed E-state index contributed by atoms with van der Waals surface area (Å²) < 4.78 is 5.56. The Morgan fingerprint density at radius 2 is 1.86 bits per heavy atom. The van der Waals surface area contributed by atoms with Gasteiger partial charge in [-0.2, -0.15) is 0 Å². The molecule has 0 saturated carbocycles. The van der Waals surface area contributed by atoms with Gasteiger partial charge >= 0.3 is 7.12 Å². The first-order valence-corrected chi connectivity index (χ1v) is 4.59. The molecule has 1 saturated heterocycles. The van der Waals surface area contributed by atoms with Crippen LogP contribution in [0.3, 0.4) is 0 Å². The van der Waals surface area contributed by atoms with E-state index in [1.807, 2.05) is 0 Å². The fourth-order valence-corrected chi connectivity index (χ4v) is 1.26. The summed E-state index contributed by atoms with van der Waals surface area (Å²) in [5, 5.41) is 20.8. The normalized spacial score (nSPS) is 16.1. The van der Waals surface area contributed by atoms with E-state index in [2.05, 4.69) is 5.32 Å². The molecule has 14 heavy (non-hydrogen) atoms. The van der Waals surface area contributed by atoms with Crippen LogP contribution in [-0.2, 0) is 0 Å². The van der Waals surface area contributed by atoms with E-state index in [1.54, 1.807) is 24.3 Å². The summed E-state index contributed by atoms with van der Waals surface area (Å²) in [5.41, 5.74) is 0.476. The molecular weight excluding hydrogens is 181 g/mol. The molecule has 2 rings (SSSR count). The molecule has 0 amide bonds. The van der Waals surface area contributed by atoms with Gasteiger partial charge in [-0.25, -0.2) is 0 Å². The van der Waals surface area contributed by atoms with Crippen LogP contribution in [0.2, 0.25) is 0 Å². The molecule has 0 atom stereocenters. The van der Waals surface area contributed by atoms with Gasteiger partial charge in [0.25, 0.3) is 0 Å². The molecule has 0 unspecified atom stereocenters. The van der Waals surface area contributed by atoms with Crippen molar-refractivity contribution in [2.75, 3.05) is 13.1 Å². The molecule has 1 aromatic carbocycles. The zero-order chi connectivity index (χ0) is 9.97. The molecule has 0 radical (unpaired) electrons. The molecule has 0 aromatic heterocycles. The maximum atomic E-state index is 8.86. The van der Waals surface area contributed by atoms with Crippen LogP contribution in [0.5, 0.6) is 5.75 Å². The van der Waals surface area contributed by atoms with Gasteiger partial charge in [0, 0.05) is 13.1 Å². The first-order chi connectivity index (χ1) is 6.75. The van der Waals surface area contributed by atoms with E-state index < -0.39 is 7.12 Å². The number of hydrogen-bond acceptors (Lipinski definition) is 4. The van der Waals surface area contributed by atoms with Gasteiger partial charge in [-0.1, -0.05) is 12.1 Å². The Balaban J connectivity index is 1.98. The third-order valence-electron chi connectivity index (χ3n) is 2.23. The molecule has 1 fully saturated rings. The second-order valence-corrected chi connectivity index (χ2v) is 3.34. The van der Waals surface area contributed by atoms with Crippen LogP contribution in [0.1, 0.15) is 0 Å². The predicted molar refractivity (Wildman–Crippen MR) is 53.6 cm³/mol. The van der Waals surface area contributed by atoms with Crippen molar-refractivity contribution in [3.63, 3.8) is 0 Å². The second kappa shape index (κ2) is 4.00. The van der Waals surface area contributed by atoms with Crippen LogP contribution < -0.4 is 15.5 Å². The fraction of sp³-hybridized carbons (Fsp3) is 0.333. The lowest BCUT2D eigenvalue weighted by Gasteiger charge is -2.27.